The molecule has 19 heteroatoms. The molecule has 0 aliphatic heterocycles. The average Bonchev–Trinajstić information content (AvgIpc) is 1.72. The molecule has 0 saturated carbocycles. The highest BCUT2D eigenvalue weighted by atomic mass is 32.1. The lowest BCUT2D eigenvalue weighted by Crippen LogP contribution is -2.08. The Labute approximate surface area is 838 Å². The van der Waals surface area contributed by atoms with Crippen molar-refractivity contribution in [3.63, 3.8) is 0 Å². The van der Waals surface area contributed by atoms with Crippen LogP contribution in [0.3, 0.4) is 0 Å². The van der Waals surface area contributed by atoms with Crippen molar-refractivity contribution in [1.82, 2.24) is 9.97 Å². The molecule has 0 aliphatic carbocycles. The van der Waals surface area contributed by atoms with Gasteiger partial charge in [-0.1, -0.05) is 333 Å². The van der Waals surface area contributed by atoms with E-state index in [0.717, 1.165) is 165 Å². The molecule has 0 fully saturated rings. The number of hydrogen-bond donors (Lipinski definition) is 5. The summed E-state index contributed by atoms with van der Waals surface area (Å²) in [6.45, 7) is 22.7. The molecule has 0 bridgehead atoms. The zero-order valence-electron chi connectivity index (χ0n) is 83.8. The first-order chi connectivity index (χ1) is 68.3. The zero-order valence-corrected chi connectivity index (χ0v) is 84.6. The molecule has 2 aromatic heterocycles. The smallest absolute Gasteiger partial charge is 0.335 e. The van der Waals surface area contributed by atoms with Crippen molar-refractivity contribution in [3.8, 4) is 83.6 Å². The van der Waals surface area contributed by atoms with Gasteiger partial charge >= 0.3 is 29.8 Å². The number of aryl methyl sites for hydroxylation is 5. The van der Waals surface area contributed by atoms with Crippen molar-refractivity contribution in [2.45, 2.75) is 236 Å². The van der Waals surface area contributed by atoms with Crippen LogP contribution in [-0.2, 0) is 30.4 Å². The second-order valence-electron chi connectivity index (χ2n) is 35.7. The molecule has 0 atom stereocenters. The molecule has 13 rings (SSSR count). The standard InChI is InChI=1S/C28H33NO.C20H23FO2.2C20H24O3.C17H21NO4S.C17H18O2/c1-3-4-5-6-7-8-9-23-11-13-24(14-12-23)25-15-17-26(18-16-25)28(30)20-27-19-10-22(2)21-29-27;1-2-3-4-5-6-7-15-8-10-16(11-9-15)18-13-12-17(20(22)23)14-19(18)21;1-15(2)5-3-4-14-23-19-12-10-17(11-13-19)16-6-8-18(9-7-16)20(21)22;1-2-3-4-5-6-15-23-19-13-11-17(12-14-19)16-7-9-18(10-8-16)20(21)22;1-3-4-9-21-10-11-22-15-12(2)23-16(18-15)13-5-7-14(8-6-13)17(19)20;1-2-3-4-13-5-7-14(8-6-13)15-9-11-16(12-10-15)17(18)19/h10-19,21H,3-9,20H2,1-2H3;8-14H,2-7H2,1H3,(H,22,23);6-13,15H,3-5,14H2,1-2H3,(H,21,22);7-14H,2-6,15H2,1H3,(H,21,22);5-8H,3-4,9-11H2,1-2H3,(H,19,20);5-12H,2-4H2,1H3,(H,18,19). The normalized spacial score (nSPS) is 10.7. The van der Waals surface area contributed by atoms with Crippen LogP contribution in [0.15, 0.2) is 279 Å². The number of unbranched alkanes of at least 4 members (excludes halogenated alkanes) is 16. The molecule has 13 aromatic rings. The summed E-state index contributed by atoms with van der Waals surface area (Å²) >= 11 is 1.53. The third kappa shape index (κ3) is 41.8. The maximum Gasteiger partial charge on any atom is 0.335 e. The fourth-order valence-electron chi connectivity index (χ4n) is 15.2. The summed E-state index contributed by atoms with van der Waals surface area (Å²) in [6, 6.07) is 84.4. The molecule has 17 nitrogen and oxygen atoms in total. The molecule has 0 aliphatic rings. The van der Waals surface area contributed by atoms with Gasteiger partial charge in [0, 0.05) is 35.2 Å². The molecular weight excluding hydrogens is 1780 g/mol. The Bertz CT molecular complexity index is 5810. The van der Waals surface area contributed by atoms with Crippen molar-refractivity contribution in [1.29, 1.82) is 0 Å². The number of rotatable bonds is 50. The fourth-order valence-corrected chi connectivity index (χ4v) is 16.1. The largest absolute Gasteiger partial charge is 0.494 e. The van der Waals surface area contributed by atoms with Crippen LogP contribution in [0.5, 0.6) is 17.4 Å². The number of carbonyl (C=O) groups is 6. The van der Waals surface area contributed by atoms with E-state index < -0.39 is 35.7 Å². The number of carboxylic acid groups (broad SMARTS) is 5. The Hall–Kier alpha value is -13.5. The topological polar surface area (TPSA) is 266 Å². The molecule has 0 spiro atoms. The maximum absolute atomic E-state index is 14.1. The highest BCUT2D eigenvalue weighted by molar-refractivity contribution is 7.15. The molecule has 0 saturated heterocycles. The van der Waals surface area contributed by atoms with Gasteiger partial charge in [-0.2, -0.15) is 0 Å². The van der Waals surface area contributed by atoms with Gasteiger partial charge in [0.25, 0.3) is 0 Å². The van der Waals surface area contributed by atoms with Crippen LogP contribution in [0.25, 0.3) is 66.2 Å². The molecular formula is C122H143FN2O15S. The Morgan fingerprint density at radius 1 is 0.326 bits per heavy atom. The molecule has 0 amide bonds. The molecule has 2 heterocycles. The second-order valence-corrected chi connectivity index (χ2v) is 36.9. The van der Waals surface area contributed by atoms with E-state index >= 15 is 0 Å². The maximum atomic E-state index is 14.1. The third-order valence-corrected chi connectivity index (χ3v) is 24.8. The number of ketones is 1. The molecule has 11 aromatic carbocycles. The number of pyridine rings is 1. The fraction of sp³-hybridized carbons (Fsp3) is 0.344. The number of nitrogens with zero attached hydrogens (tertiary/aromatic N) is 2. The van der Waals surface area contributed by atoms with Gasteiger partial charge in [-0.3, -0.25) is 9.78 Å². The van der Waals surface area contributed by atoms with E-state index in [0.29, 0.717) is 47.8 Å². The van der Waals surface area contributed by atoms with Crippen LogP contribution in [0.1, 0.15) is 291 Å². The van der Waals surface area contributed by atoms with Gasteiger partial charge in [0.2, 0.25) is 5.88 Å². The van der Waals surface area contributed by atoms with E-state index in [1.54, 1.807) is 60.7 Å². The summed E-state index contributed by atoms with van der Waals surface area (Å²) in [5.41, 5.74) is 18.5. The van der Waals surface area contributed by atoms with Gasteiger partial charge in [-0.25, -0.2) is 33.3 Å². The number of Topliss-reactive ketones (excluding diaryl/α,β-unsaturated/α-hetero) is 1. The Balaban J connectivity index is 0.000000208. The van der Waals surface area contributed by atoms with Gasteiger partial charge in [0.15, 0.2) is 5.78 Å². The highest BCUT2D eigenvalue weighted by Crippen LogP contribution is 2.34. The third-order valence-electron chi connectivity index (χ3n) is 23.8. The lowest BCUT2D eigenvalue weighted by molar-refractivity contribution is 0.0685. The van der Waals surface area contributed by atoms with E-state index in [-0.39, 0.29) is 16.9 Å². The summed E-state index contributed by atoms with van der Waals surface area (Å²) in [7, 11) is 0. The molecule has 744 valence electrons. The number of halogens is 1. The summed E-state index contributed by atoms with van der Waals surface area (Å²) < 4.78 is 36.7. The Kier molecular flexibility index (Phi) is 51.2. The van der Waals surface area contributed by atoms with Crippen LogP contribution in [0.4, 0.5) is 4.39 Å². The van der Waals surface area contributed by atoms with Gasteiger partial charge < -0.3 is 44.5 Å². The number of aromatic nitrogens is 2. The molecule has 0 radical (unpaired) electrons. The van der Waals surface area contributed by atoms with Crippen molar-refractivity contribution >= 4 is 47.0 Å². The highest BCUT2D eigenvalue weighted by Gasteiger charge is 2.17. The second kappa shape index (κ2) is 64.0. The quantitative estimate of drug-likeness (QED) is 0.0175. The number of hydrogen-bond acceptors (Lipinski definition) is 13. The minimum Gasteiger partial charge on any atom is -0.494 e. The number of carboxylic acids is 5. The van der Waals surface area contributed by atoms with Crippen LogP contribution < -0.4 is 14.2 Å². The molecule has 141 heavy (non-hydrogen) atoms. The van der Waals surface area contributed by atoms with Crippen LogP contribution >= 0.6 is 11.3 Å². The van der Waals surface area contributed by atoms with E-state index in [1.165, 1.54) is 168 Å². The van der Waals surface area contributed by atoms with Gasteiger partial charge in [-0.15, -0.1) is 11.3 Å². The minimum absolute atomic E-state index is 0.0325. The minimum atomic E-state index is -1.12. The van der Waals surface area contributed by atoms with E-state index in [2.05, 4.69) is 107 Å². The summed E-state index contributed by atoms with van der Waals surface area (Å²) in [5.74, 6) is -2.02. The van der Waals surface area contributed by atoms with E-state index in [9.17, 15) is 33.2 Å². The van der Waals surface area contributed by atoms with E-state index in [1.807, 2.05) is 166 Å². The first kappa shape index (κ1) is 113. The van der Waals surface area contributed by atoms with Crippen LogP contribution in [0, 0.1) is 25.6 Å². The Morgan fingerprint density at radius 2 is 0.667 bits per heavy atom. The average molecular weight is 1930 g/mol. The predicted octanol–water partition coefficient (Wildman–Crippen LogP) is 32.2. The number of ether oxygens (including phenoxy) is 4. The van der Waals surface area contributed by atoms with Crippen LogP contribution in [-0.4, -0.2) is 104 Å². The van der Waals surface area contributed by atoms with Crippen molar-refractivity contribution in [2.24, 2.45) is 5.92 Å². The van der Waals surface area contributed by atoms with Gasteiger partial charge in [0.05, 0.1) is 58.9 Å². The number of aromatic carboxylic acids is 5. The molecule has 5 N–H and O–H groups in total. The summed E-state index contributed by atoms with van der Waals surface area (Å²) in [5, 5.41) is 45.3. The Morgan fingerprint density at radius 3 is 1.04 bits per heavy atom. The molecule has 0 unspecified atom stereocenters. The number of benzene rings is 11. The first-order valence-electron chi connectivity index (χ1n) is 50.2. The lowest BCUT2D eigenvalue weighted by Gasteiger charge is -2.08. The van der Waals surface area contributed by atoms with Gasteiger partial charge in [-0.05, 0) is 247 Å². The van der Waals surface area contributed by atoms with E-state index in [4.69, 9.17) is 44.5 Å². The zero-order chi connectivity index (χ0) is 101. The van der Waals surface area contributed by atoms with Crippen LogP contribution in [0.2, 0.25) is 0 Å². The van der Waals surface area contributed by atoms with Gasteiger partial charge in [0.1, 0.15) is 28.9 Å². The predicted molar refractivity (Wildman–Crippen MR) is 571 cm³/mol. The van der Waals surface area contributed by atoms with Crippen molar-refractivity contribution < 1.29 is 77.6 Å². The number of carbonyl (C=O) groups excluding carboxylic acids is 1. The summed E-state index contributed by atoms with van der Waals surface area (Å²) in [6.07, 6.45) is 34.0. The van der Waals surface area contributed by atoms with Crippen molar-refractivity contribution in [3.05, 3.63) is 351 Å². The first-order valence-corrected chi connectivity index (χ1v) is 51.0. The van der Waals surface area contributed by atoms with Crippen molar-refractivity contribution in [2.75, 3.05) is 33.0 Å². The lowest BCUT2D eigenvalue weighted by atomic mass is 9.98. The monoisotopic (exact) mass is 1930 g/mol. The summed E-state index contributed by atoms with van der Waals surface area (Å²) in [4.78, 5) is 76.6. The SMILES string of the molecule is CC(C)CCCCOc1ccc(-c2ccc(C(=O)O)cc2)cc1.CCCCCCCCc1ccc(-c2ccc(C(=O)Cc3ccc(C)cn3)cc2)cc1.CCCCCCCOc1ccc(-c2ccc(C(=O)O)cc2)cc1.CCCCCCCc1ccc(-c2ccc(C(=O)O)cc2F)cc1.CCCCOCCOc1nc(-c2ccc(C(=O)O)cc2)sc1C.CCCCc1ccc(-c2ccc(C(=O)O)cc2)cc1. The number of thiazole rings is 1.